The zero-order valence-corrected chi connectivity index (χ0v) is 11.3. The minimum absolute atomic E-state index is 0.572. The first-order valence-electron chi connectivity index (χ1n) is 5.92. The van der Waals surface area contributed by atoms with Crippen molar-refractivity contribution in [3.63, 3.8) is 0 Å². The lowest BCUT2D eigenvalue weighted by molar-refractivity contribution is 0.173. The van der Waals surface area contributed by atoms with Crippen molar-refractivity contribution in [2.45, 2.75) is 26.4 Å². The van der Waals surface area contributed by atoms with E-state index in [0.717, 1.165) is 5.56 Å². The first kappa shape index (κ1) is 13.1. The van der Waals surface area contributed by atoms with Crippen LogP contribution in [0.15, 0.2) is 36.5 Å². The summed E-state index contributed by atoms with van der Waals surface area (Å²) in [7, 11) is 0. The van der Waals surface area contributed by atoms with Crippen LogP contribution < -0.4 is 0 Å². The lowest BCUT2D eigenvalue weighted by Crippen LogP contribution is -2.05. The molecule has 1 aromatic carbocycles. The molecule has 1 unspecified atom stereocenters. The van der Waals surface area contributed by atoms with Crippen LogP contribution in [0.4, 0.5) is 0 Å². The van der Waals surface area contributed by atoms with Gasteiger partial charge in [-0.3, -0.25) is 4.98 Å². The highest BCUT2D eigenvalue weighted by molar-refractivity contribution is 6.30. The number of pyridine rings is 1. The third-order valence-electron chi connectivity index (χ3n) is 3.01. The minimum atomic E-state index is -0.595. The second kappa shape index (κ2) is 5.51. The van der Waals surface area contributed by atoms with E-state index in [-0.39, 0.29) is 0 Å². The van der Waals surface area contributed by atoms with Crippen molar-refractivity contribution < 1.29 is 5.11 Å². The molecule has 2 nitrogen and oxygen atoms in total. The lowest BCUT2D eigenvalue weighted by atomic mass is 9.99. The highest BCUT2D eigenvalue weighted by Gasteiger charge is 2.11. The van der Waals surface area contributed by atoms with Gasteiger partial charge in [0.05, 0.1) is 16.8 Å². The number of hydrogen-bond acceptors (Lipinski definition) is 2. The predicted molar refractivity (Wildman–Crippen MR) is 73.8 cm³/mol. The van der Waals surface area contributed by atoms with Gasteiger partial charge >= 0.3 is 0 Å². The standard InChI is InChI=1S/C15H16ClNO/c1-10-3-4-11(2)12(7-10)8-15(18)14-6-5-13(16)9-17-14/h3-7,9,15,18H,8H2,1-2H3. The molecule has 1 N–H and O–H groups in total. The summed E-state index contributed by atoms with van der Waals surface area (Å²) in [5, 5.41) is 10.8. The molecule has 18 heavy (non-hydrogen) atoms. The number of halogens is 1. The number of aliphatic hydroxyl groups excluding tert-OH is 1. The summed E-state index contributed by atoms with van der Waals surface area (Å²) in [5.74, 6) is 0. The summed E-state index contributed by atoms with van der Waals surface area (Å²) in [6, 6.07) is 9.77. The van der Waals surface area contributed by atoms with Crippen molar-refractivity contribution >= 4 is 11.6 Å². The van der Waals surface area contributed by atoms with E-state index in [4.69, 9.17) is 11.6 Å². The Kier molecular flexibility index (Phi) is 4.00. The number of hydrogen-bond donors (Lipinski definition) is 1. The molecule has 0 aliphatic carbocycles. The lowest BCUT2D eigenvalue weighted by Gasteiger charge is -2.12. The van der Waals surface area contributed by atoms with E-state index in [1.165, 1.54) is 11.1 Å². The molecule has 1 aromatic heterocycles. The van der Waals surface area contributed by atoms with Crippen LogP contribution in [-0.2, 0) is 6.42 Å². The third kappa shape index (κ3) is 3.09. The van der Waals surface area contributed by atoms with E-state index in [2.05, 4.69) is 37.0 Å². The van der Waals surface area contributed by atoms with Crippen molar-refractivity contribution in [3.05, 3.63) is 63.9 Å². The van der Waals surface area contributed by atoms with Crippen molar-refractivity contribution in [1.82, 2.24) is 4.98 Å². The van der Waals surface area contributed by atoms with Gasteiger partial charge in [0, 0.05) is 12.6 Å². The summed E-state index contributed by atoms with van der Waals surface area (Å²) in [6.07, 6.45) is 1.54. The number of aliphatic hydroxyl groups is 1. The molecule has 3 heteroatoms. The Morgan fingerprint density at radius 1 is 1.22 bits per heavy atom. The fourth-order valence-corrected chi connectivity index (χ4v) is 2.03. The largest absolute Gasteiger partial charge is 0.386 e. The summed E-state index contributed by atoms with van der Waals surface area (Å²) in [4.78, 5) is 4.14. The van der Waals surface area contributed by atoms with Gasteiger partial charge in [-0.2, -0.15) is 0 Å². The summed E-state index contributed by atoms with van der Waals surface area (Å²) in [6.45, 7) is 4.10. The molecule has 1 heterocycles. The molecule has 0 saturated heterocycles. The van der Waals surface area contributed by atoms with Crippen molar-refractivity contribution in [1.29, 1.82) is 0 Å². The van der Waals surface area contributed by atoms with Gasteiger partial charge < -0.3 is 5.11 Å². The van der Waals surface area contributed by atoms with Crippen LogP contribution in [0.5, 0.6) is 0 Å². The average molecular weight is 262 g/mol. The Bertz CT molecular complexity index is 537. The van der Waals surface area contributed by atoms with Crippen LogP contribution in [0.1, 0.15) is 28.5 Å². The van der Waals surface area contributed by atoms with E-state index >= 15 is 0 Å². The van der Waals surface area contributed by atoms with Gasteiger partial charge in [-0.1, -0.05) is 35.4 Å². The maximum atomic E-state index is 10.2. The zero-order valence-electron chi connectivity index (χ0n) is 10.5. The fraction of sp³-hybridized carbons (Fsp3) is 0.267. The molecule has 0 aliphatic heterocycles. The topological polar surface area (TPSA) is 33.1 Å². The minimum Gasteiger partial charge on any atom is -0.386 e. The van der Waals surface area contributed by atoms with E-state index in [1.54, 1.807) is 18.3 Å². The van der Waals surface area contributed by atoms with E-state index in [9.17, 15) is 5.11 Å². The smallest absolute Gasteiger partial charge is 0.1000 e. The molecule has 0 saturated carbocycles. The fourth-order valence-electron chi connectivity index (χ4n) is 1.92. The van der Waals surface area contributed by atoms with Gasteiger partial charge in [-0.15, -0.1) is 0 Å². The number of rotatable bonds is 3. The third-order valence-corrected chi connectivity index (χ3v) is 3.23. The van der Waals surface area contributed by atoms with Crippen LogP contribution in [0, 0.1) is 13.8 Å². The second-order valence-corrected chi connectivity index (χ2v) is 4.99. The monoisotopic (exact) mass is 261 g/mol. The quantitative estimate of drug-likeness (QED) is 0.915. The molecule has 2 rings (SSSR count). The van der Waals surface area contributed by atoms with Gasteiger partial charge in [0.25, 0.3) is 0 Å². The molecule has 0 amide bonds. The number of benzene rings is 1. The van der Waals surface area contributed by atoms with Crippen LogP contribution in [0.3, 0.4) is 0 Å². The van der Waals surface area contributed by atoms with Gasteiger partial charge in [0.15, 0.2) is 0 Å². The maximum Gasteiger partial charge on any atom is 0.1000 e. The average Bonchev–Trinajstić information content (AvgIpc) is 2.34. The van der Waals surface area contributed by atoms with Crippen LogP contribution in [-0.4, -0.2) is 10.1 Å². The highest BCUT2D eigenvalue weighted by atomic mass is 35.5. The molecule has 94 valence electrons. The zero-order chi connectivity index (χ0) is 13.1. The number of aryl methyl sites for hydroxylation is 2. The molecule has 2 aromatic rings. The van der Waals surface area contributed by atoms with Gasteiger partial charge in [0.2, 0.25) is 0 Å². The Morgan fingerprint density at radius 3 is 2.67 bits per heavy atom. The number of nitrogens with zero attached hydrogens (tertiary/aromatic N) is 1. The summed E-state index contributed by atoms with van der Waals surface area (Å²) >= 11 is 5.78. The van der Waals surface area contributed by atoms with E-state index in [0.29, 0.717) is 17.1 Å². The molecule has 0 aliphatic rings. The molecular weight excluding hydrogens is 246 g/mol. The van der Waals surface area contributed by atoms with Crippen molar-refractivity contribution in [2.24, 2.45) is 0 Å². The Morgan fingerprint density at radius 2 is 2.00 bits per heavy atom. The summed E-state index contributed by atoms with van der Waals surface area (Å²) in [5.41, 5.74) is 4.19. The van der Waals surface area contributed by atoms with Crippen molar-refractivity contribution in [2.75, 3.05) is 0 Å². The molecule has 1 atom stereocenters. The van der Waals surface area contributed by atoms with E-state index < -0.39 is 6.10 Å². The SMILES string of the molecule is Cc1ccc(C)c(CC(O)c2ccc(Cl)cn2)c1. The number of aromatic nitrogens is 1. The van der Waals surface area contributed by atoms with Crippen LogP contribution >= 0.6 is 11.6 Å². The Hall–Kier alpha value is -1.38. The first-order chi connectivity index (χ1) is 8.56. The molecule has 0 radical (unpaired) electrons. The second-order valence-electron chi connectivity index (χ2n) is 4.55. The normalized spacial score (nSPS) is 12.4. The first-order valence-corrected chi connectivity index (χ1v) is 6.29. The van der Waals surface area contributed by atoms with Gasteiger partial charge in [0.1, 0.15) is 0 Å². The van der Waals surface area contributed by atoms with Crippen LogP contribution in [0.2, 0.25) is 5.02 Å². The molecule has 0 spiro atoms. The molecular formula is C15H16ClNO. The van der Waals surface area contributed by atoms with Crippen LogP contribution in [0.25, 0.3) is 0 Å². The predicted octanol–water partition coefficient (Wildman–Crippen LogP) is 3.63. The van der Waals surface area contributed by atoms with Crippen molar-refractivity contribution in [3.8, 4) is 0 Å². The molecule has 0 bridgehead atoms. The molecule has 0 fully saturated rings. The highest BCUT2D eigenvalue weighted by Crippen LogP contribution is 2.20. The van der Waals surface area contributed by atoms with E-state index in [1.807, 2.05) is 0 Å². The Labute approximate surface area is 112 Å². The maximum absolute atomic E-state index is 10.2. The summed E-state index contributed by atoms with van der Waals surface area (Å²) < 4.78 is 0. The van der Waals surface area contributed by atoms with Gasteiger partial charge in [-0.25, -0.2) is 0 Å². The Balaban J connectivity index is 2.18. The van der Waals surface area contributed by atoms with Gasteiger partial charge in [-0.05, 0) is 37.1 Å².